The molecule has 1 aliphatic rings. The maximum Gasteiger partial charge on any atom is 0.309 e. The van der Waals surface area contributed by atoms with Gasteiger partial charge in [0.2, 0.25) is 0 Å². The Bertz CT molecular complexity index is 933. The Balaban J connectivity index is 1.60. The van der Waals surface area contributed by atoms with Crippen molar-refractivity contribution >= 4 is 17.7 Å². The van der Waals surface area contributed by atoms with Gasteiger partial charge in [-0.3, -0.25) is 15.0 Å². The van der Waals surface area contributed by atoms with Gasteiger partial charge >= 0.3 is 5.97 Å². The molecule has 0 atom stereocenters. The normalized spacial score (nSPS) is 18.5. The highest BCUT2D eigenvalue weighted by molar-refractivity contribution is 5.95. The number of nitrogens with zero attached hydrogens (tertiary/aromatic N) is 3. The number of nitrogens with two attached hydrogens (primary N) is 1. The van der Waals surface area contributed by atoms with Gasteiger partial charge in [0.05, 0.1) is 17.6 Å². The molecule has 0 bridgehead atoms. The first-order valence-corrected chi connectivity index (χ1v) is 10.5. The van der Waals surface area contributed by atoms with Crippen LogP contribution in [0, 0.1) is 11.3 Å². The number of aromatic nitrogens is 2. The highest BCUT2D eigenvalue weighted by atomic mass is 16.5. The lowest BCUT2D eigenvalue weighted by Crippen LogP contribution is -2.40. The number of carbonyl (C=O) groups is 2. The summed E-state index contributed by atoms with van der Waals surface area (Å²) in [6, 6.07) is 7.14. The Kier molecular flexibility index (Phi) is 6.99. The van der Waals surface area contributed by atoms with Crippen LogP contribution in [-0.4, -0.2) is 51.8 Å². The van der Waals surface area contributed by atoms with E-state index in [1.165, 1.54) is 12.4 Å². The topological polar surface area (TPSA) is 122 Å². The van der Waals surface area contributed by atoms with Crippen molar-refractivity contribution in [1.29, 1.82) is 5.41 Å². The second kappa shape index (κ2) is 9.68. The number of carbonyl (C=O) groups excluding carboxylic acids is 2. The van der Waals surface area contributed by atoms with Crippen LogP contribution in [0.5, 0.6) is 0 Å². The number of esters is 1. The molecule has 0 unspecified atom stereocenters. The number of ether oxygens (including phenoxy) is 1. The minimum absolute atomic E-state index is 0.00213. The summed E-state index contributed by atoms with van der Waals surface area (Å²) in [4.78, 5) is 35.4. The van der Waals surface area contributed by atoms with Crippen LogP contribution in [0.25, 0.3) is 11.4 Å². The second-order valence-electron chi connectivity index (χ2n) is 8.19. The highest BCUT2D eigenvalue weighted by Crippen LogP contribution is 2.29. The maximum absolute atomic E-state index is 12.9. The molecule has 0 radical (unpaired) electrons. The zero-order valence-electron chi connectivity index (χ0n) is 18.2. The molecule has 8 heteroatoms. The molecule has 1 aromatic heterocycles. The van der Waals surface area contributed by atoms with E-state index < -0.39 is 0 Å². The molecule has 2 aromatic rings. The van der Waals surface area contributed by atoms with Crippen LogP contribution in [-0.2, 0) is 9.53 Å². The van der Waals surface area contributed by atoms with Gasteiger partial charge in [-0.15, -0.1) is 0 Å². The molecule has 1 fully saturated rings. The quantitative estimate of drug-likeness (QED) is 0.418. The summed E-state index contributed by atoms with van der Waals surface area (Å²) in [5.74, 6) is 0.148. The molecule has 1 aromatic carbocycles. The Morgan fingerprint density at radius 2 is 1.65 bits per heavy atom. The summed E-state index contributed by atoms with van der Waals surface area (Å²) >= 11 is 0. The Morgan fingerprint density at radius 3 is 2.16 bits per heavy atom. The monoisotopic (exact) mass is 423 g/mol. The SMILES string of the molecule is CC(C)OC(=O)[C@H]1CC[C@H](N(C)C(=O)c2cnc(-c3ccc(C(=N)N)cc3)nc2)CC1. The summed E-state index contributed by atoms with van der Waals surface area (Å²) in [6.45, 7) is 3.70. The van der Waals surface area contributed by atoms with Crippen molar-refractivity contribution in [3.8, 4) is 11.4 Å². The van der Waals surface area contributed by atoms with Crippen LogP contribution >= 0.6 is 0 Å². The standard InChI is InChI=1S/C23H29N5O3/c1-14(2)31-23(30)17-8-10-19(11-9-17)28(3)22(29)18-12-26-21(27-13-18)16-6-4-15(5-7-16)20(24)25/h4-7,12-14,17,19H,8-11H2,1-3H3,(H3,24,25)/t17-,19-. The first-order chi connectivity index (χ1) is 14.8. The van der Waals surface area contributed by atoms with Crippen LogP contribution in [0.4, 0.5) is 0 Å². The molecule has 1 amide bonds. The smallest absolute Gasteiger partial charge is 0.309 e. The number of hydrogen-bond donors (Lipinski definition) is 2. The lowest BCUT2D eigenvalue weighted by Gasteiger charge is -2.34. The van der Waals surface area contributed by atoms with Crippen LogP contribution < -0.4 is 5.73 Å². The van der Waals surface area contributed by atoms with Gasteiger partial charge in [-0.2, -0.15) is 0 Å². The third-order valence-corrected chi connectivity index (χ3v) is 5.60. The Hall–Kier alpha value is -3.29. The van der Waals surface area contributed by atoms with Crippen molar-refractivity contribution in [2.24, 2.45) is 11.7 Å². The summed E-state index contributed by atoms with van der Waals surface area (Å²) in [7, 11) is 1.79. The number of hydrogen-bond acceptors (Lipinski definition) is 6. The summed E-state index contributed by atoms with van der Waals surface area (Å²) < 4.78 is 5.32. The second-order valence-corrected chi connectivity index (χ2v) is 8.19. The van der Waals surface area contributed by atoms with Crippen LogP contribution in [0.1, 0.15) is 55.5 Å². The van der Waals surface area contributed by atoms with Crippen molar-refractivity contribution < 1.29 is 14.3 Å². The maximum atomic E-state index is 12.9. The largest absolute Gasteiger partial charge is 0.463 e. The summed E-state index contributed by atoms with van der Waals surface area (Å²) in [5, 5.41) is 7.45. The number of amides is 1. The molecule has 31 heavy (non-hydrogen) atoms. The number of rotatable bonds is 6. The average Bonchev–Trinajstić information content (AvgIpc) is 2.78. The van der Waals surface area contributed by atoms with E-state index in [0.717, 1.165) is 31.2 Å². The molecule has 3 N–H and O–H groups in total. The minimum Gasteiger partial charge on any atom is -0.463 e. The van der Waals surface area contributed by atoms with Crippen LogP contribution in [0.3, 0.4) is 0 Å². The summed E-state index contributed by atoms with van der Waals surface area (Å²) in [6.07, 6.45) is 5.93. The van der Waals surface area contributed by atoms with Gasteiger partial charge in [-0.25, -0.2) is 9.97 Å². The third kappa shape index (κ3) is 5.45. The number of nitrogens with one attached hydrogen (secondary N) is 1. The van der Waals surface area contributed by atoms with Gasteiger partial charge in [0.1, 0.15) is 5.84 Å². The van der Waals surface area contributed by atoms with Crippen molar-refractivity contribution in [2.45, 2.75) is 51.7 Å². The predicted octanol–water partition coefficient (Wildman–Crippen LogP) is 3.01. The molecular weight excluding hydrogens is 394 g/mol. The van der Waals surface area contributed by atoms with E-state index in [2.05, 4.69) is 9.97 Å². The number of amidine groups is 1. The van der Waals surface area contributed by atoms with Gasteiger partial charge < -0.3 is 15.4 Å². The lowest BCUT2D eigenvalue weighted by molar-refractivity contribution is -0.153. The molecule has 8 nitrogen and oxygen atoms in total. The van der Waals surface area contributed by atoms with E-state index in [0.29, 0.717) is 17.0 Å². The molecular formula is C23H29N5O3. The minimum atomic E-state index is -0.136. The molecule has 1 heterocycles. The van der Waals surface area contributed by atoms with E-state index in [1.807, 2.05) is 13.8 Å². The molecule has 0 saturated heterocycles. The van der Waals surface area contributed by atoms with Crippen molar-refractivity contribution in [2.75, 3.05) is 7.05 Å². The fourth-order valence-corrected chi connectivity index (χ4v) is 3.78. The molecule has 0 aliphatic heterocycles. The van der Waals surface area contributed by atoms with Crippen molar-refractivity contribution in [1.82, 2.24) is 14.9 Å². The zero-order valence-corrected chi connectivity index (χ0v) is 18.2. The van der Waals surface area contributed by atoms with Gasteiger partial charge in [0.15, 0.2) is 5.82 Å². The molecule has 1 aliphatic carbocycles. The molecule has 0 spiro atoms. The third-order valence-electron chi connectivity index (χ3n) is 5.60. The number of nitrogen functional groups attached to an aromatic ring is 1. The van der Waals surface area contributed by atoms with E-state index in [-0.39, 0.29) is 35.8 Å². The van der Waals surface area contributed by atoms with E-state index >= 15 is 0 Å². The van der Waals surface area contributed by atoms with E-state index in [9.17, 15) is 9.59 Å². The molecule has 164 valence electrons. The fourth-order valence-electron chi connectivity index (χ4n) is 3.78. The Morgan fingerprint density at radius 1 is 1.06 bits per heavy atom. The van der Waals surface area contributed by atoms with Crippen LogP contribution in [0.15, 0.2) is 36.7 Å². The van der Waals surface area contributed by atoms with Crippen LogP contribution in [0.2, 0.25) is 0 Å². The molecule has 1 saturated carbocycles. The van der Waals surface area contributed by atoms with Gasteiger partial charge in [0, 0.05) is 36.6 Å². The van der Waals surface area contributed by atoms with Crippen molar-refractivity contribution in [3.05, 3.63) is 47.8 Å². The van der Waals surface area contributed by atoms with E-state index in [4.69, 9.17) is 15.9 Å². The first kappa shape index (κ1) is 22.4. The van der Waals surface area contributed by atoms with Gasteiger partial charge in [-0.05, 0) is 39.5 Å². The summed E-state index contributed by atoms with van der Waals surface area (Å²) in [5.41, 5.74) is 7.31. The first-order valence-electron chi connectivity index (χ1n) is 10.5. The highest BCUT2D eigenvalue weighted by Gasteiger charge is 2.31. The Labute approximate surface area is 182 Å². The van der Waals surface area contributed by atoms with Gasteiger partial charge in [0.25, 0.3) is 5.91 Å². The lowest BCUT2D eigenvalue weighted by atomic mass is 9.85. The molecule has 3 rings (SSSR count). The van der Waals surface area contributed by atoms with Gasteiger partial charge in [-0.1, -0.05) is 24.3 Å². The number of benzene rings is 1. The zero-order chi connectivity index (χ0) is 22.5. The fraction of sp³-hybridized carbons (Fsp3) is 0.435. The average molecular weight is 424 g/mol. The predicted molar refractivity (Wildman–Crippen MR) is 118 cm³/mol. The van der Waals surface area contributed by atoms with E-state index in [1.54, 1.807) is 36.2 Å². The van der Waals surface area contributed by atoms with Crippen molar-refractivity contribution in [3.63, 3.8) is 0 Å².